The van der Waals surface area contributed by atoms with Crippen molar-refractivity contribution in [3.8, 4) is 0 Å². The number of halogens is 1. The number of Topliss-reactive ketones (excluding diaryl/α,β-unsaturated/α-hetero) is 2. The van der Waals surface area contributed by atoms with E-state index in [1.54, 1.807) is 6.92 Å². The summed E-state index contributed by atoms with van der Waals surface area (Å²) in [7, 11) is 0. The molecule has 4 nitrogen and oxygen atoms in total. The molecule has 22 heavy (non-hydrogen) atoms. The van der Waals surface area contributed by atoms with Crippen molar-refractivity contribution in [2.24, 2.45) is 0 Å². The summed E-state index contributed by atoms with van der Waals surface area (Å²) in [4.78, 5) is 22.6. The fraction of sp³-hybridized carbons (Fsp3) is 0.882. The second-order valence-electron chi connectivity index (χ2n) is 6.71. The minimum atomic E-state index is -0.135. The van der Waals surface area contributed by atoms with Crippen LogP contribution >= 0.6 is 0 Å². The average Bonchev–Trinajstić information content (AvgIpc) is 2.39. The molecule has 0 saturated carbocycles. The molecule has 0 aromatic carbocycles. The van der Waals surface area contributed by atoms with Gasteiger partial charge < -0.3 is 26.8 Å². The molecule has 1 aliphatic heterocycles. The van der Waals surface area contributed by atoms with Gasteiger partial charge in [-0.2, -0.15) is 0 Å². The van der Waals surface area contributed by atoms with E-state index < -0.39 is 0 Å². The summed E-state index contributed by atoms with van der Waals surface area (Å²) in [6, 6.07) is 0. The van der Waals surface area contributed by atoms with E-state index in [-0.39, 0.29) is 24.3 Å². The van der Waals surface area contributed by atoms with Gasteiger partial charge in [-0.05, 0) is 26.2 Å². The smallest absolute Gasteiger partial charge is 0.152 e. The maximum atomic E-state index is 11.8. The quantitative estimate of drug-likeness (QED) is 0.386. The van der Waals surface area contributed by atoms with E-state index in [4.69, 9.17) is 0 Å². The van der Waals surface area contributed by atoms with Gasteiger partial charge in [0.05, 0.1) is 13.1 Å². The van der Waals surface area contributed by atoms with E-state index in [1.165, 1.54) is 12.8 Å². The lowest BCUT2D eigenvalue weighted by molar-refractivity contribution is -0.972. The lowest BCUT2D eigenvalue weighted by atomic mass is 10.0. The fourth-order valence-electron chi connectivity index (χ4n) is 3.24. The summed E-state index contributed by atoms with van der Waals surface area (Å²) >= 11 is 0. The summed E-state index contributed by atoms with van der Waals surface area (Å²) in [5, 5.41) is 9.57. The molecule has 0 aromatic rings. The molecule has 0 atom stereocenters. The van der Waals surface area contributed by atoms with Crippen LogP contribution in [0.4, 0.5) is 0 Å². The van der Waals surface area contributed by atoms with E-state index in [2.05, 4.69) is 6.92 Å². The molecule has 1 saturated heterocycles. The third kappa shape index (κ3) is 8.25. The summed E-state index contributed by atoms with van der Waals surface area (Å²) in [5.74, 6) is 0.537. The molecule has 1 heterocycles. The summed E-state index contributed by atoms with van der Waals surface area (Å²) in [5.41, 5.74) is 0. The second-order valence-corrected chi connectivity index (χ2v) is 6.71. The van der Waals surface area contributed by atoms with Gasteiger partial charge in [0.2, 0.25) is 0 Å². The predicted octanol–water partition coefficient (Wildman–Crippen LogP) is -0.519. The van der Waals surface area contributed by atoms with E-state index in [0.717, 1.165) is 49.9 Å². The first-order valence-electron chi connectivity index (χ1n) is 8.52. The zero-order valence-corrected chi connectivity index (χ0v) is 14.9. The SMILES string of the molecule is CCCC[N+]1(CCCC(=O)CCCCC(C)=O)CC(O)C1.[Cl-]. The number of aliphatic hydroxyl groups is 1. The summed E-state index contributed by atoms with van der Waals surface area (Å²) in [6.07, 6.45) is 6.73. The molecule has 0 bridgehead atoms. The number of hydrogen-bond acceptors (Lipinski definition) is 3. The Kier molecular flexibility index (Phi) is 10.9. The van der Waals surface area contributed by atoms with E-state index in [1.807, 2.05) is 0 Å². The van der Waals surface area contributed by atoms with Crippen LogP contribution in [0.25, 0.3) is 0 Å². The number of unbranched alkanes of at least 4 members (excludes halogenated alkanes) is 2. The van der Waals surface area contributed by atoms with Crippen LogP contribution in [0, 0.1) is 0 Å². The third-order valence-electron chi connectivity index (χ3n) is 4.50. The predicted molar refractivity (Wildman–Crippen MR) is 84.0 cm³/mol. The van der Waals surface area contributed by atoms with E-state index in [0.29, 0.717) is 25.0 Å². The van der Waals surface area contributed by atoms with Crippen LogP contribution < -0.4 is 12.4 Å². The van der Waals surface area contributed by atoms with Crippen LogP contribution in [0.3, 0.4) is 0 Å². The second kappa shape index (κ2) is 11.1. The molecule has 1 aliphatic rings. The Balaban J connectivity index is 0.00000441. The molecule has 5 heteroatoms. The van der Waals surface area contributed by atoms with Gasteiger partial charge in [-0.15, -0.1) is 0 Å². The molecule has 0 spiro atoms. The molecular weight excluding hydrogens is 302 g/mol. The van der Waals surface area contributed by atoms with Crippen LogP contribution in [-0.4, -0.2) is 53.4 Å². The molecule has 0 unspecified atom stereocenters. The van der Waals surface area contributed by atoms with Gasteiger partial charge in [0.15, 0.2) is 6.10 Å². The number of likely N-dealkylation sites (tertiary alicyclic amines) is 1. The van der Waals surface area contributed by atoms with Crippen molar-refractivity contribution in [3.05, 3.63) is 0 Å². The number of rotatable bonds is 12. The topological polar surface area (TPSA) is 54.4 Å². The number of quaternary nitrogens is 1. The maximum Gasteiger partial charge on any atom is 0.152 e. The Morgan fingerprint density at radius 2 is 1.55 bits per heavy atom. The van der Waals surface area contributed by atoms with Crippen molar-refractivity contribution in [1.82, 2.24) is 0 Å². The zero-order chi connectivity index (χ0) is 15.7. The first kappa shape index (κ1) is 21.6. The molecule has 1 fully saturated rings. The van der Waals surface area contributed by atoms with Crippen LogP contribution in [0.2, 0.25) is 0 Å². The molecule has 0 amide bonds. The fourth-order valence-corrected chi connectivity index (χ4v) is 3.24. The van der Waals surface area contributed by atoms with Gasteiger partial charge in [0.25, 0.3) is 0 Å². The van der Waals surface area contributed by atoms with Gasteiger partial charge in [-0.3, -0.25) is 4.79 Å². The van der Waals surface area contributed by atoms with E-state index in [9.17, 15) is 14.7 Å². The number of carbonyl (C=O) groups excluding carboxylic acids is 2. The third-order valence-corrected chi connectivity index (χ3v) is 4.50. The highest BCUT2D eigenvalue weighted by Gasteiger charge is 2.41. The highest BCUT2D eigenvalue weighted by Crippen LogP contribution is 2.23. The molecule has 0 aromatic heterocycles. The Morgan fingerprint density at radius 1 is 1.00 bits per heavy atom. The van der Waals surface area contributed by atoms with Crippen LogP contribution in [0.1, 0.15) is 65.2 Å². The molecule has 0 aliphatic carbocycles. The lowest BCUT2D eigenvalue weighted by Crippen LogP contribution is -3.00. The van der Waals surface area contributed by atoms with Gasteiger partial charge >= 0.3 is 0 Å². The van der Waals surface area contributed by atoms with Crippen molar-refractivity contribution in [2.45, 2.75) is 71.3 Å². The van der Waals surface area contributed by atoms with Crippen molar-refractivity contribution >= 4 is 11.6 Å². The Hall–Kier alpha value is -0.450. The summed E-state index contributed by atoms with van der Waals surface area (Å²) in [6.45, 7) is 7.69. The largest absolute Gasteiger partial charge is 1.00 e. The zero-order valence-electron chi connectivity index (χ0n) is 14.2. The average molecular weight is 334 g/mol. The first-order valence-corrected chi connectivity index (χ1v) is 8.52. The number of hydrogen-bond donors (Lipinski definition) is 1. The van der Waals surface area contributed by atoms with Crippen molar-refractivity contribution in [1.29, 1.82) is 0 Å². The number of aliphatic hydroxyl groups excluding tert-OH is 1. The van der Waals surface area contributed by atoms with Gasteiger partial charge in [0, 0.05) is 25.7 Å². The van der Waals surface area contributed by atoms with Gasteiger partial charge in [-0.1, -0.05) is 13.3 Å². The van der Waals surface area contributed by atoms with Gasteiger partial charge in [-0.25, -0.2) is 0 Å². The maximum absolute atomic E-state index is 11.8. The summed E-state index contributed by atoms with van der Waals surface area (Å²) < 4.78 is 1.01. The monoisotopic (exact) mass is 333 g/mol. The normalized spacial score (nSPS) is 23.5. The van der Waals surface area contributed by atoms with Crippen LogP contribution in [0.15, 0.2) is 0 Å². The Labute approximate surface area is 141 Å². The molecule has 0 radical (unpaired) electrons. The van der Waals surface area contributed by atoms with Crippen molar-refractivity contribution < 1.29 is 31.6 Å². The minimum Gasteiger partial charge on any atom is -1.00 e. The molecule has 1 rings (SSSR count). The Bertz CT molecular complexity index is 341. The number of carbonyl (C=O) groups is 2. The van der Waals surface area contributed by atoms with Crippen LogP contribution in [0.5, 0.6) is 0 Å². The lowest BCUT2D eigenvalue weighted by Gasteiger charge is -2.48. The van der Waals surface area contributed by atoms with Crippen LogP contribution in [-0.2, 0) is 9.59 Å². The Morgan fingerprint density at radius 3 is 2.09 bits per heavy atom. The standard InChI is InChI=1S/C17H32NO3.ClH/c1-3-4-11-18(13-17(21)14-18)12-7-10-16(20)9-6-5-8-15(2)19;/h17,21H,3-14H2,1-2H3;1H/q+1;/p-1. The van der Waals surface area contributed by atoms with E-state index >= 15 is 0 Å². The first-order chi connectivity index (χ1) is 9.97. The van der Waals surface area contributed by atoms with Crippen molar-refractivity contribution in [3.63, 3.8) is 0 Å². The highest BCUT2D eigenvalue weighted by atomic mass is 35.5. The highest BCUT2D eigenvalue weighted by molar-refractivity contribution is 5.78. The number of ketones is 2. The molecule has 130 valence electrons. The van der Waals surface area contributed by atoms with Crippen molar-refractivity contribution in [2.75, 3.05) is 26.2 Å². The minimum absolute atomic E-state index is 0. The van der Waals surface area contributed by atoms with Gasteiger partial charge in [0.1, 0.15) is 24.7 Å². The molecular formula is C17H32ClNO3. The number of nitrogens with zero attached hydrogens (tertiary/aromatic N) is 1. The molecule has 1 N–H and O–H groups in total.